The van der Waals surface area contributed by atoms with E-state index < -0.39 is 11.9 Å². The number of para-hydroxylation sites is 1. The van der Waals surface area contributed by atoms with E-state index in [1.165, 1.54) is 37.2 Å². The molecule has 5 heteroatoms. The predicted molar refractivity (Wildman–Crippen MR) is 90.3 cm³/mol. The zero-order valence-electron chi connectivity index (χ0n) is 13.2. The third-order valence-electron chi connectivity index (χ3n) is 3.15. The number of carboxylic acid groups (broad SMARTS) is 2. The smallest absolute Gasteiger partial charge is 0.335 e. The SMILES string of the molecule is CCCNc1ccccc1.Cc1c(C(=O)O)cccc1C(=O)O. The molecular weight excluding hydrogens is 294 g/mol. The molecule has 0 atom stereocenters. The number of anilines is 1. The van der Waals surface area contributed by atoms with Gasteiger partial charge in [0.1, 0.15) is 0 Å². The second-order valence-corrected chi connectivity index (χ2v) is 4.88. The normalized spacial score (nSPS) is 9.48. The van der Waals surface area contributed by atoms with Gasteiger partial charge < -0.3 is 15.5 Å². The summed E-state index contributed by atoms with van der Waals surface area (Å²) < 4.78 is 0. The summed E-state index contributed by atoms with van der Waals surface area (Å²) in [6.45, 7) is 4.70. The van der Waals surface area contributed by atoms with Gasteiger partial charge in [-0.05, 0) is 43.2 Å². The van der Waals surface area contributed by atoms with Crippen LogP contribution in [0.2, 0.25) is 0 Å². The molecule has 0 heterocycles. The highest BCUT2D eigenvalue weighted by atomic mass is 16.4. The Bertz CT molecular complexity index is 621. The topological polar surface area (TPSA) is 86.6 Å². The van der Waals surface area contributed by atoms with Gasteiger partial charge >= 0.3 is 11.9 Å². The van der Waals surface area contributed by atoms with Gasteiger partial charge in [-0.2, -0.15) is 0 Å². The Morgan fingerprint density at radius 1 is 0.913 bits per heavy atom. The molecule has 3 N–H and O–H groups in total. The minimum Gasteiger partial charge on any atom is -0.478 e. The molecule has 0 aromatic heterocycles. The molecule has 5 nitrogen and oxygen atoms in total. The molecule has 2 rings (SSSR count). The molecule has 0 aliphatic rings. The zero-order chi connectivity index (χ0) is 17.2. The lowest BCUT2D eigenvalue weighted by Gasteiger charge is -2.03. The van der Waals surface area contributed by atoms with Gasteiger partial charge in [0, 0.05) is 12.2 Å². The number of rotatable bonds is 5. The van der Waals surface area contributed by atoms with Crippen LogP contribution in [0.15, 0.2) is 48.5 Å². The molecule has 0 aliphatic carbocycles. The van der Waals surface area contributed by atoms with Crippen LogP contribution in [-0.4, -0.2) is 28.7 Å². The Labute approximate surface area is 135 Å². The molecule has 0 saturated heterocycles. The lowest BCUT2D eigenvalue weighted by atomic mass is 10.0. The predicted octanol–water partition coefficient (Wildman–Crippen LogP) is 3.90. The number of nitrogens with one attached hydrogen (secondary N) is 1. The standard InChI is InChI=1S/C9H13N.C9H8O4/c1-2-8-10-9-6-4-3-5-7-9;1-5-6(8(10)11)3-2-4-7(5)9(12)13/h3-7,10H,2,8H2,1H3;2-4H,1H3,(H,10,11)(H,12,13). The van der Waals surface area contributed by atoms with Gasteiger partial charge in [0.15, 0.2) is 0 Å². The average Bonchev–Trinajstić information content (AvgIpc) is 2.54. The summed E-state index contributed by atoms with van der Waals surface area (Å²) in [5.74, 6) is -2.22. The van der Waals surface area contributed by atoms with Crippen molar-refractivity contribution in [1.82, 2.24) is 0 Å². The first kappa shape index (κ1) is 18.2. The maximum Gasteiger partial charge on any atom is 0.335 e. The van der Waals surface area contributed by atoms with Gasteiger partial charge in [0.05, 0.1) is 11.1 Å². The van der Waals surface area contributed by atoms with E-state index in [1.54, 1.807) is 0 Å². The second-order valence-electron chi connectivity index (χ2n) is 4.88. The number of carboxylic acids is 2. The van der Waals surface area contributed by atoms with Gasteiger partial charge in [-0.1, -0.05) is 31.2 Å². The molecule has 23 heavy (non-hydrogen) atoms. The number of benzene rings is 2. The van der Waals surface area contributed by atoms with E-state index >= 15 is 0 Å². The van der Waals surface area contributed by atoms with Crippen molar-refractivity contribution in [2.24, 2.45) is 0 Å². The van der Waals surface area contributed by atoms with Crippen molar-refractivity contribution < 1.29 is 19.8 Å². The van der Waals surface area contributed by atoms with Crippen LogP contribution in [0.4, 0.5) is 5.69 Å². The largest absolute Gasteiger partial charge is 0.478 e. The first-order chi connectivity index (χ1) is 11.0. The van der Waals surface area contributed by atoms with Crippen LogP contribution < -0.4 is 5.32 Å². The fourth-order valence-electron chi connectivity index (χ4n) is 1.92. The zero-order valence-corrected chi connectivity index (χ0v) is 13.2. The molecule has 0 aliphatic heterocycles. The third kappa shape index (κ3) is 5.82. The van der Waals surface area contributed by atoms with E-state index in [9.17, 15) is 9.59 Å². The number of hydrogen-bond acceptors (Lipinski definition) is 3. The molecule has 0 bridgehead atoms. The Kier molecular flexibility index (Phi) is 7.33. The summed E-state index contributed by atoms with van der Waals surface area (Å²) in [6.07, 6.45) is 1.18. The summed E-state index contributed by atoms with van der Waals surface area (Å²) in [6, 6.07) is 14.4. The van der Waals surface area contributed by atoms with E-state index in [4.69, 9.17) is 10.2 Å². The quantitative estimate of drug-likeness (QED) is 0.779. The van der Waals surface area contributed by atoms with Crippen molar-refractivity contribution in [2.45, 2.75) is 20.3 Å². The summed E-state index contributed by atoms with van der Waals surface area (Å²) in [5.41, 5.74) is 1.55. The van der Waals surface area contributed by atoms with Gasteiger partial charge in [-0.15, -0.1) is 0 Å². The Morgan fingerprint density at radius 2 is 1.43 bits per heavy atom. The minimum atomic E-state index is -1.11. The van der Waals surface area contributed by atoms with Crippen LogP contribution in [0.1, 0.15) is 39.6 Å². The van der Waals surface area contributed by atoms with E-state index in [2.05, 4.69) is 24.4 Å². The lowest BCUT2D eigenvalue weighted by Crippen LogP contribution is -2.06. The fourth-order valence-corrected chi connectivity index (χ4v) is 1.92. The number of hydrogen-bond donors (Lipinski definition) is 3. The van der Waals surface area contributed by atoms with Crippen LogP contribution in [0.5, 0.6) is 0 Å². The van der Waals surface area contributed by atoms with Gasteiger partial charge in [0.25, 0.3) is 0 Å². The first-order valence-electron chi connectivity index (χ1n) is 7.32. The molecule has 0 unspecified atom stereocenters. The summed E-state index contributed by atoms with van der Waals surface area (Å²) in [4.78, 5) is 21.2. The molecule has 0 fully saturated rings. The van der Waals surface area contributed by atoms with Gasteiger partial charge in [-0.25, -0.2) is 9.59 Å². The number of aromatic carboxylic acids is 2. The molecule has 0 radical (unpaired) electrons. The third-order valence-corrected chi connectivity index (χ3v) is 3.15. The van der Waals surface area contributed by atoms with Gasteiger partial charge in [0.2, 0.25) is 0 Å². The van der Waals surface area contributed by atoms with E-state index in [0.717, 1.165) is 6.54 Å². The maximum absolute atomic E-state index is 10.6. The van der Waals surface area contributed by atoms with Gasteiger partial charge in [-0.3, -0.25) is 0 Å². The van der Waals surface area contributed by atoms with Crippen molar-refractivity contribution in [1.29, 1.82) is 0 Å². The highest BCUT2D eigenvalue weighted by molar-refractivity contribution is 5.96. The maximum atomic E-state index is 10.6. The summed E-state index contributed by atoms with van der Waals surface area (Å²) in [5, 5.41) is 20.7. The van der Waals surface area contributed by atoms with Crippen LogP contribution in [0.3, 0.4) is 0 Å². The highest BCUT2D eigenvalue weighted by Crippen LogP contribution is 2.13. The second kappa shape index (κ2) is 9.25. The van der Waals surface area contributed by atoms with Crippen LogP contribution in [-0.2, 0) is 0 Å². The fraction of sp³-hybridized carbons (Fsp3) is 0.222. The monoisotopic (exact) mass is 315 g/mol. The Morgan fingerprint density at radius 3 is 1.87 bits per heavy atom. The highest BCUT2D eigenvalue weighted by Gasteiger charge is 2.13. The van der Waals surface area contributed by atoms with E-state index in [-0.39, 0.29) is 16.7 Å². The van der Waals surface area contributed by atoms with E-state index in [1.807, 2.05) is 18.2 Å². The Balaban J connectivity index is 0.000000238. The van der Waals surface area contributed by atoms with Crippen LogP contribution in [0.25, 0.3) is 0 Å². The summed E-state index contributed by atoms with van der Waals surface area (Å²) >= 11 is 0. The van der Waals surface area contributed by atoms with Crippen LogP contribution >= 0.6 is 0 Å². The van der Waals surface area contributed by atoms with Crippen molar-refractivity contribution in [3.8, 4) is 0 Å². The molecular formula is C18H21NO4. The molecule has 2 aromatic rings. The van der Waals surface area contributed by atoms with Crippen molar-refractivity contribution in [2.75, 3.05) is 11.9 Å². The molecule has 122 valence electrons. The Hall–Kier alpha value is -2.82. The lowest BCUT2D eigenvalue weighted by molar-refractivity contribution is 0.0696. The van der Waals surface area contributed by atoms with Crippen molar-refractivity contribution in [3.05, 3.63) is 65.2 Å². The number of carbonyl (C=O) groups is 2. The van der Waals surface area contributed by atoms with Crippen molar-refractivity contribution in [3.63, 3.8) is 0 Å². The molecule has 0 saturated carbocycles. The minimum absolute atomic E-state index is 0.0277. The molecule has 0 spiro atoms. The average molecular weight is 315 g/mol. The van der Waals surface area contributed by atoms with Crippen molar-refractivity contribution >= 4 is 17.6 Å². The molecule has 0 amide bonds. The summed E-state index contributed by atoms with van der Waals surface area (Å²) in [7, 11) is 0. The first-order valence-corrected chi connectivity index (χ1v) is 7.32. The van der Waals surface area contributed by atoms with Crippen LogP contribution in [0, 0.1) is 6.92 Å². The molecule has 2 aromatic carbocycles. The van der Waals surface area contributed by atoms with E-state index in [0.29, 0.717) is 0 Å².